The maximum Gasteiger partial charge on any atom is 0.264 e. The van der Waals surface area contributed by atoms with Crippen LogP contribution >= 0.6 is 11.6 Å². The van der Waals surface area contributed by atoms with E-state index in [-0.39, 0.29) is 23.4 Å². The van der Waals surface area contributed by atoms with Crippen molar-refractivity contribution in [2.75, 3.05) is 10.8 Å². The monoisotopic (exact) mass is 569 g/mol. The number of aryl methyl sites for hydroxylation is 2. The molecule has 0 aromatic heterocycles. The molecule has 0 aliphatic heterocycles. The summed E-state index contributed by atoms with van der Waals surface area (Å²) in [5.74, 6) is -0.817. The Labute approximate surface area is 236 Å². The molecular formula is C30H36ClN3O4S. The molecule has 0 aliphatic carbocycles. The quantitative estimate of drug-likeness (QED) is 0.331. The molecule has 2 amide bonds. The Morgan fingerprint density at radius 2 is 1.41 bits per heavy atom. The van der Waals surface area contributed by atoms with Gasteiger partial charge in [0, 0.05) is 17.6 Å². The second kappa shape index (κ2) is 13.1. The maximum atomic E-state index is 13.9. The first-order chi connectivity index (χ1) is 18.4. The molecule has 3 aromatic rings. The summed E-state index contributed by atoms with van der Waals surface area (Å²) in [6.45, 7) is 8.91. The fourth-order valence-electron chi connectivity index (χ4n) is 3.91. The SMILES string of the molecule is CC[C@@H](C)NC(=O)[C@H](C)N(Cc1ccc(Cl)cc1)C(=O)CN(c1ccc(C)cc1)S(=O)(=O)c1ccc(C)cc1. The zero-order valence-corrected chi connectivity index (χ0v) is 24.6. The molecule has 0 heterocycles. The van der Waals surface area contributed by atoms with Crippen molar-refractivity contribution in [3.63, 3.8) is 0 Å². The summed E-state index contributed by atoms with van der Waals surface area (Å²) < 4.78 is 28.8. The van der Waals surface area contributed by atoms with Gasteiger partial charge in [0.05, 0.1) is 10.6 Å². The van der Waals surface area contributed by atoms with E-state index in [2.05, 4.69) is 5.32 Å². The second-order valence-electron chi connectivity index (χ2n) is 9.80. The van der Waals surface area contributed by atoms with Crippen molar-refractivity contribution in [2.45, 2.75) is 64.6 Å². The number of hydrogen-bond donors (Lipinski definition) is 1. The molecule has 0 radical (unpaired) electrons. The Bertz CT molecular complexity index is 1380. The van der Waals surface area contributed by atoms with E-state index in [0.29, 0.717) is 10.7 Å². The molecule has 0 saturated heterocycles. The van der Waals surface area contributed by atoms with Gasteiger partial charge in [0.15, 0.2) is 0 Å². The number of nitrogens with one attached hydrogen (secondary N) is 1. The van der Waals surface area contributed by atoms with Crippen molar-refractivity contribution in [1.29, 1.82) is 0 Å². The minimum absolute atomic E-state index is 0.0709. The molecule has 3 aromatic carbocycles. The zero-order chi connectivity index (χ0) is 28.7. The van der Waals surface area contributed by atoms with Crippen LogP contribution in [0.1, 0.15) is 43.9 Å². The number of rotatable bonds is 11. The van der Waals surface area contributed by atoms with Crippen LogP contribution in [0.2, 0.25) is 5.02 Å². The molecule has 0 spiro atoms. The maximum absolute atomic E-state index is 13.9. The molecule has 0 unspecified atom stereocenters. The van der Waals surface area contributed by atoms with Crippen LogP contribution < -0.4 is 9.62 Å². The molecule has 1 N–H and O–H groups in total. The summed E-state index contributed by atoms with van der Waals surface area (Å²) in [6, 6.07) is 19.5. The van der Waals surface area contributed by atoms with Crippen molar-refractivity contribution in [1.82, 2.24) is 10.2 Å². The molecule has 2 atom stereocenters. The number of nitrogens with zero attached hydrogens (tertiary/aromatic N) is 2. The van der Waals surface area contributed by atoms with Gasteiger partial charge < -0.3 is 10.2 Å². The first-order valence-electron chi connectivity index (χ1n) is 12.9. The third kappa shape index (κ3) is 7.83. The molecule has 7 nitrogen and oxygen atoms in total. The fourth-order valence-corrected chi connectivity index (χ4v) is 5.45. The molecular weight excluding hydrogens is 534 g/mol. The average molecular weight is 570 g/mol. The van der Waals surface area contributed by atoms with E-state index in [9.17, 15) is 18.0 Å². The van der Waals surface area contributed by atoms with Gasteiger partial charge in [-0.3, -0.25) is 13.9 Å². The molecule has 39 heavy (non-hydrogen) atoms. The predicted octanol–water partition coefficient (Wildman–Crippen LogP) is 5.48. The van der Waals surface area contributed by atoms with Crippen LogP contribution in [-0.4, -0.2) is 43.8 Å². The highest BCUT2D eigenvalue weighted by molar-refractivity contribution is 7.92. The van der Waals surface area contributed by atoms with Gasteiger partial charge in [-0.2, -0.15) is 0 Å². The van der Waals surface area contributed by atoms with Crippen LogP contribution in [0.25, 0.3) is 0 Å². The minimum atomic E-state index is -4.09. The molecule has 0 bridgehead atoms. The smallest absolute Gasteiger partial charge is 0.264 e. The Balaban J connectivity index is 2.01. The number of hydrogen-bond acceptors (Lipinski definition) is 4. The number of anilines is 1. The summed E-state index contributed by atoms with van der Waals surface area (Å²) in [6.07, 6.45) is 0.736. The van der Waals surface area contributed by atoms with Gasteiger partial charge in [-0.1, -0.05) is 66.0 Å². The van der Waals surface area contributed by atoms with E-state index in [1.807, 2.05) is 27.7 Å². The first kappa shape index (κ1) is 30.2. The van der Waals surface area contributed by atoms with Gasteiger partial charge >= 0.3 is 0 Å². The number of halogens is 1. The Morgan fingerprint density at radius 1 is 0.872 bits per heavy atom. The topological polar surface area (TPSA) is 86.8 Å². The van der Waals surface area contributed by atoms with Crippen molar-refractivity contribution >= 4 is 39.1 Å². The zero-order valence-electron chi connectivity index (χ0n) is 23.0. The predicted molar refractivity (Wildman–Crippen MR) is 156 cm³/mol. The summed E-state index contributed by atoms with van der Waals surface area (Å²) in [4.78, 5) is 28.5. The summed E-state index contributed by atoms with van der Waals surface area (Å²) in [7, 11) is -4.09. The van der Waals surface area contributed by atoms with Crippen LogP contribution in [0.3, 0.4) is 0 Å². The summed E-state index contributed by atoms with van der Waals surface area (Å²) in [5.41, 5.74) is 3.00. The molecule has 208 valence electrons. The largest absolute Gasteiger partial charge is 0.352 e. The van der Waals surface area contributed by atoms with Crippen molar-refractivity contribution in [2.24, 2.45) is 0 Å². The first-order valence-corrected chi connectivity index (χ1v) is 14.7. The standard InChI is InChI=1S/C30H36ClN3O4S/c1-6-23(4)32-30(36)24(5)33(19-25-11-13-26(31)14-12-25)29(35)20-34(27-15-7-21(2)8-16-27)39(37,38)28-17-9-22(3)10-18-28/h7-18,23-24H,6,19-20H2,1-5H3,(H,32,36)/t23-,24+/m1/s1. The molecule has 9 heteroatoms. The van der Waals surface area contributed by atoms with Gasteiger partial charge in [-0.05, 0) is 76.1 Å². The van der Waals surface area contributed by atoms with Gasteiger partial charge in [0.2, 0.25) is 11.8 Å². The Morgan fingerprint density at radius 3 is 1.95 bits per heavy atom. The van der Waals surface area contributed by atoms with Crippen LogP contribution in [0.4, 0.5) is 5.69 Å². The average Bonchev–Trinajstić information content (AvgIpc) is 2.91. The second-order valence-corrected chi connectivity index (χ2v) is 12.1. The highest BCUT2D eigenvalue weighted by Crippen LogP contribution is 2.25. The lowest BCUT2D eigenvalue weighted by molar-refractivity contribution is -0.139. The van der Waals surface area contributed by atoms with Crippen molar-refractivity contribution < 1.29 is 18.0 Å². The van der Waals surface area contributed by atoms with Gasteiger partial charge in [0.25, 0.3) is 10.0 Å². The van der Waals surface area contributed by atoms with Crippen molar-refractivity contribution in [3.8, 4) is 0 Å². The third-order valence-corrected chi connectivity index (χ3v) is 8.68. The molecule has 0 aliphatic rings. The molecule has 0 fully saturated rings. The lowest BCUT2D eigenvalue weighted by Gasteiger charge is -2.32. The van der Waals surface area contributed by atoms with E-state index >= 15 is 0 Å². The van der Waals surface area contributed by atoms with E-state index in [1.165, 1.54) is 17.0 Å². The van der Waals surface area contributed by atoms with Crippen LogP contribution in [0, 0.1) is 13.8 Å². The van der Waals surface area contributed by atoms with Gasteiger partial charge in [-0.25, -0.2) is 8.42 Å². The fraction of sp³-hybridized carbons (Fsp3) is 0.333. The van der Waals surface area contributed by atoms with Crippen LogP contribution in [0.15, 0.2) is 77.7 Å². The highest BCUT2D eigenvalue weighted by Gasteiger charge is 2.32. The van der Waals surface area contributed by atoms with Gasteiger partial charge in [-0.15, -0.1) is 0 Å². The number of carbonyl (C=O) groups is 2. The minimum Gasteiger partial charge on any atom is -0.352 e. The van der Waals surface area contributed by atoms with Crippen LogP contribution in [0.5, 0.6) is 0 Å². The molecule has 0 saturated carbocycles. The number of amides is 2. The Hall–Kier alpha value is -3.36. The number of carbonyl (C=O) groups excluding carboxylic acids is 2. The Kier molecular flexibility index (Phi) is 10.2. The molecule has 3 rings (SSSR count). The number of benzene rings is 3. The third-order valence-electron chi connectivity index (χ3n) is 6.64. The number of sulfonamides is 1. The van der Waals surface area contributed by atoms with E-state index in [0.717, 1.165) is 27.4 Å². The van der Waals surface area contributed by atoms with E-state index in [4.69, 9.17) is 11.6 Å². The van der Waals surface area contributed by atoms with E-state index < -0.39 is 28.5 Å². The lowest BCUT2D eigenvalue weighted by Crippen LogP contribution is -2.52. The summed E-state index contributed by atoms with van der Waals surface area (Å²) in [5, 5.41) is 3.48. The highest BCUT2D eigenvalue weighted by atomic mass is 35.5. The van der Waals surface area contributed by atoms with Crippen LogP contribution in [-0.2, 0) is 26.2 Å². The van der Waals surface area contributed by atoms with Gasteiger partial charge in [0.1, 0.15) is 12.6 Å². The van der Waals surface area contributed by atoms with Crippen molar-refractivity contribution in [3.05, 3.63) is 94.5 Å². The normalized spacial score (nSPS) is 12.9. The lowest BCUT2D eigenvalue weighted by atomic mass is 10.1. The summed E-state index contributed by atoms with van der Waals surface area (Å²) >= 11 is 6.04. The van der Waals surface area contributed by atoms with E-state index in [1.54, 1.807) is 67.6 Å².